The van der Waals surface area contributed by atoms with Crippen LogP contribution in [0.3, 0.4) is 0 Å². The van der Waals surface area contributed by atoms with Crippen molar-refractivity contribution in [2.75, 3.05) is 0 Å². The van der Waals surface area contributed by atoms with E-state index in [2.05, 4.69) is 0 Å². The summed E-state index contributed by atoms with van der Waals surface area (Å²) in [6, 6.07) is 0. The molecule has 0 bridgehead atoms. The summed E-state index contributed by atoms with van der Waals surface area (Å²) in [5.41, 5.74) is 1.70. The number of allylic oxidation sites excluding steroid dienone is 3. The predicted molar refractivity (Wildman–Crippen MR) is 61.5 cm³/mol. The largest absolute Gasteiger partial charge is 0.393 e. The molecule has 0 saturated carbocycles. The van der Waals surface area contributed by atoms with Gasteiger partial charge in [0.2, 0.25) is 0 Å². The highest BCUT2D eigenvalue weighted by atomic mass is 16.3. The van der Waals surface area contributed by atoms with E-state index < -0.39 is 0 Å². The van der Waals surface area contributed by atoms with Crippen LogP contribution in [0.5, 0.6) is 0 Å². The minimum absolute atomic E-state index is 0.0897. The quantitative estimate of drug-likeness (QED) is 0.708. The van der Waals surface area contributed by atoms with Gasteiger partial charge in [0.1, 0.15) is 0 Å². The molecule has 84 valence electrons. The fourth-order valence-electron chi connectivity index (χ4n) is 2.57. The average Bonchev–Trinajstić information content (AvgIpc) is 1.99. The van der Waals surface area contributed by atoms with Gasteiger partial charge in [-0.15, -0.1) is 0 Å². The maximum absolute atomic E-state index is 11.9. The Morgan fingerprint density at radius 1 is 1.53 bits per heavy atom. The van der Waals surface area contributed by atoms with Crippen LogP contribution in [0.4, 0.5) is 0 Å². The lowest BCUT2D eigenvalue weighted by atomic mass is 9.70. The Kier molecular flexibility index (Phi) is 3.50. The number of carbonyl (C=O) groups excluding carboxylic acids is 1. The Morgan fingerprint density at radius 3 is 2.60 bits per heavy atom. The standard InChI is InChI=1S/C13H20O2/c1-5-6-11(15)12-9(2)7-10(14)8-13(12,3)4/h5-6,10,14H,7-8H2,1-4H3/b6-5-. The van der Waals surface area contributed by atoms with Gasteiger partial charge in [-0.25, -0.2) is 0 Å². The van der Waals surface area contributed by atoms with Crippen LogP contribution >= 0.6 is 0 Å². The van der Waals surface area contributed by atoms with Crippen molar-refractivity contribution < 1.29 is 9.90 Å². The van der Waals surface area contributed by atoms with E-state index in [-0.39, 0.29) is 17.3 Å². The highest BCUT2D eigenvalue weighted by Gasteiger charge is 2.35. The molecule has 2 heteroatoms. The zero-order valence-corrected chi connectivity index (χ0v) is 10.0. The topological polar surface area (TPSA) is 37.3 Å². The molecule has 0 aromatic heterocycles. The summed E-state index contributed by atoms with van der Waals surface area (Å²) in [5, 5.41) is 9.68. The summed E-state index contributed by atoms with van der Waals surface area (Å²) in [6.07, 6.45) is 4.37. The van der Waals surface area contributed by atoms with Gasteiger partial charge >= 0.3 is 0 Å². The smallest absolute Gasteiger partial charge is 0.181 e. The van der Waals surface area contributed by atoms with Crippen molar-refractivity contribution in [1.82, 2.24) is 0 Å². The van der Waals surface area contributed by atoms with Crippen LogP contribution in [0.1, 0.15) is 40.5 Å². The second-order valence-electron chi connectivity index (χ2n) is 4.97. The molecule has 0 spiro atoms. The van der Waals surface area contributed by atoms with Gasteiger partial charge in [0.15, 0.2) is 5.78 Å². The molecular formula is C13H20O2. The van der Waals surface area contributed by atoms with Gasteiger partial charge < -0.3 is 5.11 Å². The summed E-state index contributed by atoms with van der Waals surface area (Å²) >= 11 is 0. The van der Waals surface area contributed by atoms with Crippen molar-refractivity contribution in [3.8, 4) is 0 Å². The molecule has 0 heterocycles. The van der Waals surface area contributed by atoms with Crippen molar-refractivity contribution >= 4 is 5.78 Å². The lowest BCUT2D eigenvalue weighted by Crippen LogP contribution is -2.32. The third-order valence-electron chi connectivity index (χ3n) is 2.96. The van der Waals surface area contributed by atoms with Gasteiger partial charge in [0.25, 0.3) is 0 Å². The third-order valence-corrected chi connectivity index (χ3v) is 2.96. The molecule has 0 saturated heterocycles. The zero-order chi connectivity index (χ0) is 11.6. The lowest BCUT2D eigenvalue weighted by Gasteiger charge is -2.35. The number of hydrogen-bond acceptors (Lipinski definition) is 2. The van der Waals surface area contributed by atoms with Gasteiger partial charge in [0, 0.05) is 5.57 Å². The molecule has 1 unspecified atom stereocenters. The molecule has 0 aromatic carbocycles. The van der Waals surface area contributed by atoms with Crippen LogP contribution in [-0.4, -0.2) is 17.0 Å². The third kappa shape index (κ3) is 2.57. The molecule has 0 radical (unpaired) electrons. The molecule has 0 fully saturated rings. The molecule has 0 aromatic rings. The van der Waals surface area contributed by atoms with E-state index in [1.165, 1.54) is 0 Å². The van der Waals surface area contributed by atoms with Crippen LogP contribution < -0.4 is 0 Å². The van der Waals surface area contributed by atoms with E-state index in [4.69, 9.17) is 0 Å². The first-order valence-corrected chi connectivity index (χ1v) is 5.44. The second kappa shape index (κ2) is 4.31. The first-order chi connectivity index (χ1) is 6.88. The van der Waals surface area contributed by atoms with E-state index in [1.54, 1.807) is 12.2 Å². The SMILES string of the molecule is C/C=C\C(=O)C1=C(C)CC(O)CC1(C)C. The predicted octanol–water partition coefficient (Wildman–Crippen LogP) is 2.63. The minimum Gasteiger partial charge on any atom is -0.393 e. The van der Waals surface area contributed by atoms with Crippen LogP contribution in [0.2, 0.25) is 0 Å². The van der Waals surface area contributed by atoms with Crippen molar-refractivity contribution in [3.63, 3.8) is 0 Å². The van der Waals surface area contributed by atoms with Crippen molar-refractivity contribution in [2.24, 2.45) is 5.41 Å². The molecule has 1 atom stereocenters. The van der Waals surface area contributed by atoms with Crippen LogP contribution in [0.25, 0.3) is 0 Å². The van der Waals surface area contributed by atoms with Gasteiger partial charge in [-0.3, -0.25) is 4.79 Å². The average molecular weight is 208 g/mol. The summed E-state index contributed by atoms with van der Waals surface area (Å²) in [4.78, 5) is 11.9. The van der Waals surface area contributed by atoms with E-state index in [0.29, 0.717) is 12.8 Å². The summed E-state index contributed by atoms with van der Waals surface area (Å²) in [6.45, 7) is 7.84. The number of aliphatic hydroxyl groups is 1. The number of aliphatic hydroxyl groups excluding tert-OH is 1. The molecule has 1 aliphatic carbocycles. The molecule has 1 rings (SSSR count). The van der Waals surface area contributed by atoms with E-state index in [1.807, 2.05) is 27.7 Å². The molecule has 1 N–H and O–H groups in total. The number of carbonyl (C=O) groups is 1. The molecule has 2 nitrogen and oxygen atoms in total. The number of hydrogen-bond donors (Lipinski definition) is 1. The van der Waals surface area contributed by atoms with Gasteiger partial charge in [-0.2, -0.15) is 0 Å². The molecule has 0 aliphatic heterocycles. The van der Waals surface area contributed by atoms with E-state index in [9.17, 15) is 9.90 Å². The van der Waals surface area contributed by atoms with Gasteiger partial charge in [-0.05, 0) is 38.2 Å². The molecule has 0 amide bonds. The number of ketones is 1. The maximum atomic E-state index is 11.9. The summed E-state index contributed by atoms with van der Waals surface area (Å²) in [5.74, 6) is 0.0897. The fourth-order valence-corrected chi connectivity index (χ4v) is 2.57. The highest BCUT2D eigenvalue weighted by molar-refractivity contribution is 6.05. The Bertz CT molecular complexity index is 321. The van der Waals surface area contributed by atoms with E-state index >= 15 is 0 Å². The molecule has 1 aliphatic rings. The van der Waals surface area contributed by atoms with Crippen molar-refractivity contribution in [1.29, 1.82) is 0 Å². The monoisotopic (exact) mass is 208 g/mol. The van der Waals surface area contributed by atoms with Crippen molar-refractivity contribution in [2.45, 2.75) is 46.6 Å². The maximum Gasteiger partial charge on any atom is 0.181 e. The zero-order valence-electron chi connectivity index (χ0n) is 10.0. The highest BCUT2D eigenvalue weighted by Crippen LogP contribution is 2.40. The fraction of sp³-hybridized carbons (Fsp3) is 0.615. The Balaban J connectivity index is 3.11. The summed E-state index contributed by atoms with van der Waals surface area (Å²) < 4.78 is 0. The van der Waals surface area contributed by atoms with Gasteiger partial charge in [0.05, 0.1) is 6.10 Å². The lowest BCUT2D eigenvalue weighted by molar-refractivity contribution is -0.112. The van der Waals surface area contributed by atoms with Gasteiger partial charge in [-0.1, -0.05) is 25.5 Å². The van der Waals surface area contributed by atoms with Crippen LogP contribution in [0.15, 0.2) is 23.3 Å². The van der Waals surface area contributed by atoms with Crippen LogP contribution in [0, 0.1) is 5.41 Å². The first-order valence-electron chi connectivity index (χ1n) is 5.44. The van der Waals surface area contributed by atoms with Crippen molar-refractivity contribution in [3.05, 3.63) is 23.3 Å². The Morgan fingerprint density at radius 2 is 2.13 bits per heavy atom. The van der Waals surface area contributed by atoms with Crippen LogP contribution in [-0.2, 0) is 4.79 Å². The normalized spacial score (nSPS) is 26.1. The Hall–Kier alpha value is -0.890. The first kappa shape index (κ1) is 12.2. The minimum atomic E-state index is -0.304. The number of rotatable bonds is 2. The summed E-state index contributed by atoms with van der Waals surface area (Å²) in [7, 11) is 0. The van der Waals surface area contributed by atoms with E-state index in [0.717, 1.165) is 11.1 Å². The second-order valence-corrected chi connectivity index (χ2v) is 4.97. The molecule has 15 heavy (non-hydrogen) atoms. The Labute approximate surface area is 91.7 Å². The molecular weight excluding hydrogens is 188 g/mol.